The number of benzene rings is 3. The van der Waals surface area contributed by atoms with E-state index in [1.807, 2.05) is 48.5 Å². The third-order valence-electron chi connectivity index (χ3n) is 6.01. The third-order valence-corrected chi connectivity index (χ3v) is 7.08. The number of urea groups is 1. The second-order valence-corrected chi connectivity index (χ2v) is 8.97. The summed E-state index contributed by atoms with van der Waals surface area (Å²) in [4.78, 5) is 20.0. The smallest absolute Gasteiger partial charge is 0.320 e. The molecule has 0 radical (unpaired) electrons. The van der Waals surface area contributed by atoms with Crippen molar-refractivity contribution in [1.29, 1.82) is 0 Å². The molecule has 33 heavy (non-hydrogen) atoms. The summed E-state index contributed by atoms with van der Waals surface area (Å²) >= 11 is 1.65. The number of anilines is 1. The normalized spacial score (nSPS) is 15.9. The monoisotopic (exact) mass is 454 g/mol. The van der Waals surface area contributed by atoms with E-state index in [-0.39, 0.29) is 12.1 Å². The van der Waals surface area contributed by atoms with Crippen molar-refractivity contribution < 1.29 is 4.79 Å². The van der Waals surface area contributed by atoms with Crippen molar-refractivity contribution in [2.75, 3.05) is 18.0 Å². The highest BCUT2D eigenvalue weighted by Gasteiger charge is 2.32. The molecule has 6 heteroatoms. The van der Waals surface area contributed by atoms with Crippen LogP contribution in [0.15, 0.2) is 78.9 Å². The molecule has 1 aliphatic heterocycles. The summed E-state index contributed by atoms with van der Waals surface area (Å²) in [6.07, 6.45) is 0. The van der Waals surface area contributed by atoms with E-state index in [1.165, 1.54) is 5.69 Å². The highest BCUT2D eigenvalue weighted by Crippen LogP contribution is 2.41. The lowest BCUT2D eigenvalue weighted by molar-refractivity contribution is 0.242. The molecule has 0 spiro atoms. The van der Waals surface area contributed by atoms with Crippen molar-refractivity contribution in [3.63, 3.8) is 0 Å². The minimum Gasteiger partial charge on any atom is -0.372 e. The number of hydrogen-bond acceptors (Lipinski definition) is 4. The molecule has 2 heterocycles. The molecule has 5 nitrogen and oxygen atoms in total. The molecule has 1 atom stereocenters. The van der Waals surface area contributed by atoms with E-state index in [0.29, 0.717) is 0 Å². The maximum atomic E-state index is 12.8. The molecule has 4 aromatic rings. The van der Waals surface area contributed by atoms with Gasteiger partial charge in [-0.3, -0.25) is 0 Å². The Morgan fingerprint density at radius 1 is 0.909 bits per heavy atom. The van der Waals surface area contributed by atoms with Crippen LogP contribution in [0.2, 0.25) is 0 Å². The Bertz CT molecular complexity index is 1270. The second-order valence-electron chi connectivity index (χ2n) is 7.94. The Morgan fingerprint density at radius 2 is 1.61 bits per heavy atom. The van der Waals surface area contributed by atoms with Crippen LogP contribution < -0.4 is 15.5 Å². The molecular weight excluding hydrogens is 428 g/mol. The lowest BCUT2D eigenvalue weighted by Gasteiger charge is -2.30. The van der Waals surface area contributed by atoms with Crippen molar-refractivity contribution >= 4 is 44.5 Å². The van der Waals surface area contributed by atoms with Gasteiger partial charge in [-0.25, -0.2) is 9.78 Å². The molecule has 0 unspecified atom stereocenters. The Balaban J connectivity index is 1.67. The first-order chi connectivity index (χ1) is 16.2. The zero-order valence-corrected chi connectivity index (χ0v) is 19.5. The van der Waals surface area contributed by atoms with E-state index < -0.39 is 0 Å². The summed E-state index contributed by atoms with van der Waals surface area (Å²) in [5.41, 5.74) is 5.92. The standard InChI is InChI=1S/C27H26N4OS/c1-3-31(4-2)20-16-14-19(15-17-20)25-23(26-28-21-12-8-9-13-22(21)33-26)24(29-27(32)30-25)18-10-6-5-7-11-18/h5-17,25H,3-4H2,1-2H3,(H2,29,30,32)/t25-/m1/s1. The topological polar surface area (TPSA) is 57.3 Å². The van der Waals surface area contributed by atoms with Gasteiger partial charge in [0.15, 0.2) is 0 Å². The fourth-order valence-corrected chi connectivity index (χ4v) is 5.38. The Morgan fingerprint density at radius 3 is 2.30 bits per heavy atom. The van der Waals surface area contributed by atoms with Gasteiger partial charge in [-0.05, 0) is 49.2 Å². The van der Waals surface area contributed by atoms with Gasteiger partial charge in [0.1, 0.15) is 5.01 Å². The number of fused-ring (bicyclic) bond motifs is 1. The Kier molecular flexibility index (Phi) is 5.84. The lowest BCUT2D eigenvalue weighted by atomic mass is 9.93. The number of thiazole rings is 1. The van der Waals surface area contributed by atoms with Gasteiger partial charge in [0, 0.05) is 24.4 Å². The number of nitrogens with zero attached hydrogens (tertiary/aromatic N) is 2. The molecule has 0 saturated heterocycles. The number of nitrogens with one attached hydrogen (secondary N) is 2. The molecule has 1 aromatic heterocycles. The van der Waals surface area contributed by atoms with Crippen molar-refractivity contribution in [3.05, 3.63) is 95.0 Å². The molecule has 0 bridgehead atoms. The minimum absolute atomic E-state index is 0.212. The van der Waals surface area contributed by atoms with Crippen LogP contribution >= 0.6 is 11.3 Å². The number of para-hydroxylation sites is 1. The molecule has 2 amide bonds. The molecule has 5 rings (SSSR count). The molecular formula is C27H26N4OS. The maximum absolute atomic E-state index is 12.8. The summed E-state index contributed by atoms with van der Waals surface area (Å²) in [5, 5.41) is 7.11. The minimum atomic E-state index is -0.305. The zero-order valence-electron chi connectivity index (χ0n) is 18.7. The lowest BCUT2D eigenvalue weighted by Crippen LogP contribution is -2.43. The predicted octanol–water partition coefficient (Wildman–Crippen LogP) is 6.06. The van der Waals surface area contributed by atoms with Gasteiger partial charge in [0.25, 0.3) is 0 Å². The van der Waals surface area contributed by atoms with E-state index >= 15 is 0 Å². The van der Waals surface area contributed by atoms with Gasteiger partial charge in [-0.2, -0.15) is 0 Å². The van der Waals surface area contributed by atoms with Gasteiger partial charge in [0.2, 0.25) is 0 Å². The number of aromatic nitrogens is 1. The van der Waals surface area contributed by atoms with E-state index in [9.17, 15) is 4.79 Å². The maximum Gasteiger partial charge on any atom is 0.320 e. The zero-order chi connectivity index (χ0) is 22.8. The van der Waals surface area contributed by atoms with E-state index in [4.69, 9.17) is 4.98 Å². The first-order valence-electron chi connectivity index (χ1n) is 11.3. The molecule has 0 aliphatic carbocycles. The predicted molar refractivity (Wildman–Crippen MR) is 137 cm³/mol. The Hall–Kier alpha value is -3.64. The summed E-state index contributed by atoms with van der Waals surface area (Å²) in [6.45, 7) is 6.22. The first kappa shape index (κ1) is 21.2. The van der Waals surface area contributed by atoms with E-state index in [1.54, 1.807) is 11.3 Å². The largest absolute Gasteiger partial charge is 0.372 e. The number of amides is 2. The average molecular weight is 455 g/mol. The van der Waals surface area contributed by atoms with E-state index in [2.05, 4.69) is 59.7 Å². The van der Waals surface area contributed by atoms with Crippen LogP contribution in [0.1, 0.15) is 36.0 Å². The molecule has 0 saturated carbocycles. The molecule has 0 fully saturated rings. The highest BCUT2D eigenvalue weighted by atomic mass is 32.1. The van der Waals surface area contributed by atoms with Crippen LogP contribution in [-0.2, 0) is 0 Å². The van der Waals surface area contributed by atoms with Gasteiger partial charge in [-0.15, -0.1) is 11.3 Å². The van der Waals surface area contributed by atoms with Gasteiger partial charge in [-0.1, -0.05) is 54.6 Å². The fraction of sp³-hybridized carbons (Fsp3) is 0.185. The van der Waals surface area contributed by atoms with Crippen LogP contribution in [0.25, 0.3) is 21.5 Å². The third kappa shape index (κ3) is 4.10. The van der Waals surface area contributed by atoms with Crippen LogP contribution in [0.5, 0.6) is 0 Å². The summed E-state index contributed by atoms with van der Waals surface area (Å²) in [6, 6.07) is 26.1. The second kappa shape index (κ2) is 9.08. The van der Waals surface area contributed by atoms with Gasteiger partial charge >= 0.3 is 6.03 Å². The van der Waals surface area contributed by atoms with Crippen LogP contribution in [-0.4, -0.2) is 24.1 Å². The number of hydrogen-bond donors (Lipinski definition) is 2. The molecule has 1 aliphatic rings. The molecule has 2 N–H and O–H groups in total. The molecule has 166 valence electrons. The SMILES string of the molecule is CCN(CC)c1ccc([C@H]2NC(=O)NC(c3ccccc3)=C2c2nc3ccccc3s2)cc1. The average Bonchev–Trinajstić information content (AvgIpc) is 3.29. The Labute approximate surface area is 197 Å². The van der Waals surface area contributed by atoms with Crippen molar-refractivity contribution in [3.8, 4) is 0 Å². The van der Waals surface area contributed by atoms with Gasteiger partial charge in [0.05, 0.1) is 22.0 Å². The molecule has 3 aromatic carbocycles. The number of rotatable bonds is 6. The van der Waals surface area contributed by atoms with E-state index in [0.717, 1.165) is 50.7 Å². The van der Waals surface area contributed by atoms with Crippen LogP contribution in [0.3, 0.4) is 0 Å². The fourth-order valence-electron chi connectivity index (χ4n) is 4.33. The van der Waals surface area contributed by atoms with Gasteiger partial charge < -0.3 is 15.5 Å². The number of carbonyl (C=O) groups excluding carboxylic acids is 1. The quantitative estimate of drug-likeness (QED) is 0.372. The summed E-state index contributed by atoms with van der Waals surface area (Å²) in [7, 11) is 0. The van der Waals surface area contributed by atoms with Crippen LogP contribution in [0, 0.1) is 0 Å². The summed E-state index contributed by atoms with van der Waals surface area (Å²) < 4.78 is 1.12. The van der Waals surface area contributed by atoms with Crippen molar-refractivity contribution in [2.24, 2.45) is 0 Å². The first-order valence-corrected chi connectivity index (χ1v) is 12.1. The van der Waals surface area contributed by atoms with Crippen molar-refractivity contribution in [1.82, 2.24) is 15.6 Å². The highest BCUT2D eigenvalue weighted by molar-refractivity contribution is 7.19. The number of carbonyl (C=O) groups is 1. The summed E-state index contributed by atoms with van der Waals surface area (Å²) in [5.74, 6) is 0. The van der Waals surface area contributed by atoms with Crippen molar-refractivity contribution in [2.45, 2.75) is 19.9 Å². The van der Waals surface area contributed by atoms with Crippen LogP contribution in [0.4, 0.5) is 10.5 Å².